The number of hydrogen-bond acceptors (Lipinski definition) is 11. The van der Waals surface area contributed by atoms with Gasteiger partial charge in [-0.05, 0) is 43.9 Å². The van der Waals surface area contributed by atoms with Gasteiger partial charge in [-0.2, -0.15) is 8.42 Å². The Morgan fingerprint density at radius 1 is 1.12 bits per heavy atom. The van der Waals surface area contributed by atoms with Crippen molar-refractivity contribution in [2.45, 2.75) is 65.2 Å². The summed E-state index contributed by atoms with van der Waals surface area (Å²) in [7, 11) is -4.60. The summed E-state index contributed by atoms with van der Waals surface area (Å²) in [6.07, 6.45) is -0.984. The Hall–Kier alpha value is -3.63. The van der Waals surface area contributed by atoms with Crippen LogP contribution < -0.4 is 16.4 Å². The van der Waals surface area contributed by atoms with Gasteiger partial charge in [0.2, 0.25) is 12.7 Å². The Balaban J connectivity index is 1.92. The number of nitrogens with zero attached hydrogens (tertiary/aromatic N) is 1. The number of urea groups is 1. The molecule has 1 aliphatic heterocycles. The van der Waals surface area contributed by atoms with Gasteiger partial charge >= 0.3 is 18.2 Å². The zero-order chi connectivity index (χ0) is 32.8. The van der Waals surface area contributed by atoms with E-state index in [-0.39, 0.29) is 37.9 Å². The monoisotopic (exact) mass is 630 g/mol. The highest BCUT2D eigenvalue weighted by atomic mass is 32.2. The quantitative estimate of drug-likeness (QED) is 0.101. The summed E-state index contributed by atoms with van der Waals surface area (Å²) in [6.45, 7) is 9.61. The van der Waals surface area contributed by atoms with Crippen LogP contribution in [0.25, 0.3) is 0 Å². The second-order valence-corrected chi connectivity index (χ2v) is 13.5. The van der Waals surface area contributed by atoms with Crippen molar-refractivity contribution in [2.75, 3.05) is 37.9 Å². The molecule has 3 amide bonds. The van der Waals surface area contributed by atoms with E-state index in [9.17, 15) is 32.7 Å². The molecule has 1 fully saturated rings. The predicted molar refractivity (Wildman–Crippen MR) is 154 cm³/mol. The molecule has 1 saturated heterocycles. The molecule has 16 heteroatoms. The van der Waals surface area contributed by atoms with Gasteiger partial charge in [0.15, 0.2) is 5.75 Å². The summed E-state index contributed by atoms with van der Waals surface area (Å²) in [4.78, 5) is 51.0. The first-order valence-electron chi connectivity index (χ1n) is 13.5. The number of hydrogen-bond donors (Lipinski definition) is 5. The first-order chi connectivity index (χ1) is 19.7. The molecule has 0 aliphatic carbocycles. The fraction of sp³-hybridized carbons (Fsp3) is 0.630. The van der Waals surface area contributed by atoms with E-state index >= 15 is 0 Å². The van der Waals surface area contributed by atoms with E-state index < -0.39 is 63.5 Å². The second kappa shape index (κ2) is 13.8. The van der Waals surface area contributed by atoms with Crippen LogP contribution in [0.4, 0.5) is 15.3 Å². The molecule has 0 unspecified atom stereocenters. The highest BCUT2D eigenvalue weighted by Crippen LogP contribution is 2.46. The molecular weight excluding hydrogens is 588 g/mol. The number of carbonyl (C=O) groups is 4. The van der Waals surface area contributed by atoms with Gasteiger partial charge in [0.1, 0.15) is 11.6 Å². The number of amides is 3. The largest absolute Gasteiger partial charge is 0.511 e. The first kappa shape index (κ1) is 35.6. The molecule has 1 heterocycles. The van der Waals surface area contributed by atoms with E-state index in [0.29, 0.717) is 11.3 Å². The van der Waals surface area contributed by atoms with E-state index in [1.807, 2.05) is 13.8 Å². The number of piperidine rings is 1. The lowest BCUT2D eigenvalue weighted by atomic mass is 9.66. The number of likely N-dealkylation sites (tertiary alicyclic amines) is 1. The first-order valence-corrected chi connectivity index (χ1v) is 15.1. The minimum atomic E-state index is -4.60. The molecule has 15 nitrogen and oxygen atoms in total. The Morgan fingerprint density at radius 2 is 1.72 bits per heavy atom. The fourth-order valence-corrected chi connectivity index (χ4v) is 5.01. The van der Waals surface area contributed by atoms with Gasteiger partial charge in [0.25, 0.3) is 10.1 Å². The number of rotatable bonds is 11. The smallest absolute Gasteiger partial charge is 0.427 e. The molecule has 2 rings (SSSR count). The third kappa shape index (κ3) is 10.2. The molecule has 242 valence electrons. The van der Waals surface area contributed by atoms with Crippen LogP contribution in [-0.4, -0.2) is 90.9 Å². The highest BCUT2D eigenvalue weighted by Gasteiger charge is 2.50. The predicted octanol–water partition coefficient (Wildman–Crippen LogP) is 1.36. The van der Waals surface area contributed by atoms with Crippen LogP contribution in [0.2, 0.25) is 0 Å². The van der Waals surface area contributed by atoms with E-state index in [1.54, 1.807) is 43.0 Å². The average molecular weight is 631 g/mol. The maximum atomic E-state index is 13.5. The summed E-state index contributed by atoms with van der Waals surface area (Å²) in [6, 6.07) is 5.44. The minimum Gasteiger partial charge on any atom is -0.427 e. The van der Waals surface area contributed by atoms with Gasteiger partial charge < -0.3 is 40.6 Å². The van der Waals surface area contributed by atoms with Crippen LogP contribution in [0, 0.1) is 11.3 Å². The molecule has 1 aromatic rings. The summed E-state index contributed by atoms with van der Waals surface area (Å²) in [5, 5.41) is 16.8. The topological polar surface area (TPSA) is 224 Å². The molecule has 0 saturated carbocycles. The molecule has 6 N–H and O–H groups in total. The SMILES string of the molecule is CC(C)[C@@H](NC(=O)NCC(C)(C)OC(=O)OCOC(=O)CS(=O)(=O)O)C(=O)N1CC[C@](O)(c2ccc(N)cc2)C(C)(C)C1. The molecule has 0 bridgehead atoms. The number of aliphatic hydroxyl groups is 1. The third-order valence-electron chi connectivity index (χ3n) is 7.10. The fourth-order valence-electron chi connectivity index (χ4n) is 4.62. The lowest BCUT2D eigenvalue weighted by Crippen LogP contribution is -2.61. The van der Waals surface area contributed by atoms with Crippen LogP contribution >= 0.6 is 0 Å². The second-order valence-electron chi connectivity index (χ2n) is 12.0. The van der Waals surface area contributed by atoms with Crippen molar-refractivity contribution in [3.63, 3.8) is 0 Å². The molecule has 2 atom stereocenters. The Kier molecular flexibility index (Phi) is 11.4. The maximum Gasteiger partial charge on any atom is 0.511 e. The van der Waals surface area contributed by atoms with Crippen molar-refractivity contribution in [2.24, 2.45) is 11.3 Å². The van der Waals surface area contributed by atoms with E-state index in [2.05, 4.69) is 20.1 Å². The van der Waals surface area contributed by atoms with Crippen LogP contribution in [0.3, 0.4) is 0 Å². The van der Waals surface area contributed by atoms with E-state index in [4.69, 9.17) is 15.0 Å². The Morgan fingerprint density at radius 3 is 2.26 bits per heavy atom. The van der Waals surface area contributed by atoms with Crippen molar-refractivity contribution < 1.29 is 51.5 Å². The van der Waals surface area contributed by atoms with E-state index in [0.717, 1.165) is 0 Å². The lowest BCUT2D eigenvalue weighted by molar-refractivity contribution is -0.155. The zero-order valence-corrected chi connectivity index (χ0v) is 26.0. The van der Waals surface area contributed by atoms with Gasteiger partial charge in [-0.25, -0.2) is 9.59 Å². The third-order valence-corrected chi connectivity index (χ3v) is 7.70. The number of nitrogen functional groups attached to an aromatic ring is 1. The van der Waals surface area contributed by atoms with Crippen LogP contribution in [-0.2, 0) is 39.5 Å². The van der Waals surface area contributed by atoms with Crippen LogP contribution in [0.1, 0.15) is 53.5 Å². The lowest BCUT2D eigenvalue weighted by Gasteiger charge is -2.51. The molecule has 0 radical (unpaired) electrons. The number of esters is 1. The van der Waals surface area contributed by atoms with Crippen molar-refractivity contribution in [1.29, 1.82) is 0 Å². The minimum absolute atomic E-state index is 0.194. The van der Waals surface area contributed by atoms with Crippen molar-refractivity contribution in [1.82, 2.24) is 15.5 Å². The number of nitrogens with one attached hydrogen (secondary N) is 2. The summed E-state index contributed by atoms with van der Waals surface area (Å²) < 4.78 is 43.8. The Labute approximate surface area is 251 Å². The van der Waals surface area contributed by atoms with Gasteiger partial charge in [0, 0.05) is 24.2 Å². The summed E-state index contributed by atoms with van der Waals surface area (Å²) in [5.74, 6) is -3.23. The number of carbonyl (C=O) groups excluding carboxylic acids is 4. The normalized spacial score (nSPS) is 19.2. The average Bonchev–Trinajstić information content (AvgIpc) is 2.86. The van der Waals surface area contributed by atoms with Crippen molar-refractivity contribution in [3.8, 4) is 0 Å². The Bertz CT molecular complexity index is 1280. The van der Waals surface area contributed by atoms with Crippen molar-refractivity contribution in [3.05, 3.63) is 29.8 Å². The number of anilines is 1. The van der Waals surface area contributed by atoms with Crippen LogP contribution in [0.15, 0.2) is 24.3 Å². The van der Waals surface area contributed by atoms with Crippen LogP contribution in [0.5, 0.6) is 0 Å². The number of ether oxygens (including phenoxy) is 3. The van der Waals surface area contributed by atoms with Gasteiger partial charge in [0.05, 0.1) is 12.1 Å². The molecular formula is C27H42N4O11S. The molecule has 0 aromatic heterocycles. The standard InChI is InChI=1S/C27H42N4O11S/c1-17(2)21(22(33)31-12-11-27(36,25(3,4)15-31)18-7-9-19(28)10-8-18)30-23(34)29-14-26(5,6)42-24(35)41-16-40-20(32)13-43(37,38)39/h7-10,17,21,36H,11-16,28H2,1-6H3,(H2,29,30,34)(H,37,38,39)/t21-,27+/m1/s1. The molecule has 1 aliphatic rings. The highest BCUT2D eigenvalue weighted by molar-refractivity contribution is 7.86. The maximum absolute atomic E-state index is 13.5. The zero-order valence-electron chi connectivity index (χ0n) is 25.2. The molecule has 43 heavy (non-hydrogen) atoms. The number of nitrogens with two attached hydrogens (primary N) is 1. The summed E-state index contributed by atoms with van der Waals surface area (Å²) >= 11 is 0. The number of benzene rings is 1. The van der Waals surface area contributed by atoms with E-state index in [1.165, 1.54) is 13.8 Å². The summed E-state index contributed by atoms with van der Waals surface area (Å²) in [5.41, 5.74) is 3.89. The van der Waals surface area contributed by atoms with Gasteiger partial charge in [-0.3, -0.25) is 14.1 Å². The van der Waals surface area contributed by atoms with Gasteiger partial charge in [-0.15, -0.1) is 0 Å². The molecule has 1 aromatic carbocycles. The van der Waals surface area contributed by atoms with Gasteiger partial charge in [-0.1, -0.05) is 39.8 Å². The van der Waals surface area contributed by atoms with Crippen molar-refractivity contribution >= 4 is 39.9 Å². The molecule has 0 spiro atoms.